The first kappa shape index (κ1) is 12.7. The first-order valence-corrected chi connectivity index (χ1v) is 7.41. The second-order valence-corrected chi connectivity index (χ2v) is 6.82. The number of aromatic nitrogens is 2. The highest BCUT2D eigenvalue weighted by molar-refractivity contribution is 7.91. The van der Waals surface area contributed by atoms with Crippen LogP contribution in [0.5, 0.6) is 0 Å². The van der Waals surface area contributed by atoms with Crippen LogP contribution in [0.25, 0.3) is 0 Å². The molecule has 0 bridgehead atoms. The molecule has 0 amide bonds. The maximum Gasteiger partial charge on any atom is 0.272 e. The van der Waals surface area contributed by atoms with Crippen molar-refractivity contribution in [1.29, 1.82) is 0 Å². The molecule has 1 aromatic heterocycles. The van der Waals surface area contributed by atoms with Gasteiger partial charge in [0.2, 0.25) is 9.47 Å². The summed E-state index contributed by atoms with van der Waals surface area (Å²) in [5.41, 5.74) is 5.40. The molecule has 0 unspecified atom stereocenters. The quantitative estimate of drug-likeness (QED) is 0.781. The molecule has 1 aliphatic carbocycles. The molecule has 17 heavy (non-hydrogen) atoms. The molecule has 1 aliphatic rings. The Hall–Kier alpha value is -0.770. The van der Waals surface area contributed by atoms with Gasteiger partial charge in [-0.1, -0.05) is 11.3 Å². The maximum absolute atomic E-state index is 12.3. The normalized spacial score (nSPS) is 16.6. The van der Waals surface area contributed by atoms with Crippen LogP contribution in [-0.2, 0) is 14.8 Å². The number of nitrogen functional groups attached to an aromatic ring is 1. The topological polar surface area (TPSA) is 98.4 Å². The number of ether oxygens (including phenoxy) is 1. The lowest BCUT2D eigenvalue weighted by atomic mass is 10.6. The molecule has 0 saturated heterocycles. The van der Waals surface area contributed by atoms with Crippen LogP contribution in [0.1, 0.15) is 12.8 Å². The Morgan fingerprint density at radius 2 is 2.24 bits per heavy atom. The van der Waals surface area contributed by atoms with E-state index < -0.39 is 10.0 Å². The zero-order chi connectivity index (χ0) is 12.5. The highest BCUT2D eigenvalue weighted by Crippen LogP contribution is 2.32. The van der Waals surface area contributed by atoms with Gasteiger partial charge in [-0.2, -0.15) is 4.31 Å². The van der Waals surface area contributed by atoms with E-state index in [1.165, 1.54) is 4.31 Å². The van der Waals surface area contributed by atoms with Gasteiger partial charge >= 0.3 is 0 Å². The molecule has 0 aliphatic heterocycles. The number of hydrogen-bond donors (Lipinski definition) is 1. The predicted molar refractivity (Wildman–Crippen MR) is 63.1 cm³/mol. The van der Waals surface area contributed by atoms with Crippen molar-refractivity contribution in [2.45, 2.75) is 23.2 Å². The van der Waals surface area contributed by atoms with Gasteiger partial charge in [-0.25, -0.2) is 8.42 Å². The van der Waals surface area contributed by atoms with E-state index in [4.69, 9.17) is 10.5 Å². The van der Waals surface area contributed by atoms with E-state index in [-0.39, 0.29) is 15.5 Å². The van der Waals surface area contributed by atoms with Crippen LogP contribution in [0.15, 0.2) is 4.34 Å². The number of nitrogens with zero attached hydrogens (tertiary/aromatic N) is 3. The van der Waals surface area contributed by atoms with Crippen LogP contribution in [0.3, 0.4) is 0 Å². The highest BCUT2D eigenvalue weighted by atomic mass is 32.2. The van der Waals surface area contributed by atoms with E-state index in [9.17, 15) is 8.42 Å². The van der Waals surface area contributed by atoms with E-state index >= 15 is 0 Å². The Labute approximate surface area is 104 Å². The molecule has 0 atom stereocenters. The molecule has 1 heterocycles. The Kier molecular flexibility index (Phi) is 3.61. The summed E-state index contributed by atoms with van der Waals surface area (Å²) in [4.78, 5) is 0. The molecule has 0 aromatic carbocycles. The second kappa shape index (κ2) is 4.84. The van der Waals surface area contributed by atoms with Gasteiger partial charge in [-0.05, 0) is 12.8 Å². The molecular formula is C8H14N4O3S2. The zero-order valence-electron chi connectivity index (χ0n) is 9.37. The van der Waals surface area contributed by atoms with Crippen molar-refractivity contribution in [2.24, 2.45) is 0 Å². The third-order valence-corrected chi connectivity index (χ3v) is 5.47. The largest absolute Gasteiger partial charge is 0.383 e. The minimum absolute atomic E-state index is 0.0435. The Balaban J connectivity index is 2.21. The third kappa shape index (κ3) is 2.73. The Morgan fingerprint density at radius 3 is 2.71 bits per heavy atom. The first-order valence-electron chi connectivity index (χ1n) is 5.15. The predicted octanol–water partition coefficient (Wildman–Crippen LogP) is -0.0802. The standard InChI is InChI=1S/C8H14N4O3S2/c1-15-5-4-12(6-2-3-6)17(13,14)8-11-10-7(9)16-8/h6H,2-5H2,1H3,(H2,9,10). The number of methoxy groups -OCH3 is 1. The molecule has 1 fully saturated rings. The molecule has 9 heteroatoms. The molecule has 0 spiro atoms. The lowest BCUT2D eigenvalue weighted by Gasteiger charge is -2.19. The summed E-state index contributed by atoms with van der Waals surface area (Å²) >= 11 is 0.887. The fourth-order valence-electron chi connectivity index (χ4n) is 1.47. The lowest BCUT2D eigenvalue weighted by molar-refractivity contribution is 0.177. The monoisotopic (exact) mass is 278 g/mol. The van der Waals surface area contributed by atoms with Crippen LogP contribution in [0.2, 0.25) is 0 Å². The average molecular weight is 278 g/mol. The van der Waals surface area contributed by atoms with Gasteiger partial charge in [-0.15, -0.1) is 10.2 Å². The van der Waals surface area contributed by atoms with E-state index in [1.54, 1.807) is 7.11 Å². The van der Waals surface area contributed by atoms with E-state index in [0.29, 0.717) is 13.2 Å². The van der Waals surface area contributed by atoms with Gasteiger partial charge in [0.05, 0.1) is 6.61 Å². The van der Waals surface area contributed by atoms with Crippen LogP contribution in [0, 0.1) is 0 Å². The molecular weight excluding hydrogens is 264 g/mol. The van der Waals surface area contributed by atoms with Gasteiger partial charge in [0, 0.05) is 19.7 Å². The summed E-state index contributed by atoms with van der Waals surface area (Å²) in [6, 6.07) is 0.0697. The smallest absolute Gasteiger partial charge is 0.272 e. The van der Waals surface area contributed by atoms with E-state index in [2.05, 4.69) is 10.2 Å². The molecule has 0 radical (unpaired) electrons. The maximum atomic E-state index is 12.3. The highest BCUT2D eigenvalue weighted by Gasteiger charge is 2.39. The second-order valence-electron chi connectivity index (χ2n) is 3.75. The van der Waals surface area contributed by atoms with E-state index in [0.717, 1.165) is 24.2 Å². The Bertz CT molecular complexity index is 483. The third-order valence-electron chi connectivity index (χ3n) is 2.42. The van der Waals surface area contributed by atoms with Crippen molar-refractivity contribution in [3.8, 4) is 0 Å². The summed E-state index contributed by atoms with van der Waals surface area (Å²) in [6.07, 6.45) is 1.77. The van der Waals surface area contributed by atoms with Gasteiger partial charge in [0.25, 0.3) is 10.0 Å². The Morgan fingerprint density at radius 1 is 1.53 bits per heavy atom. The summed E-state index contributed by atoms with van der Waals surface area (Å²) in [5.74, 6) is 0. The average Bonchev–Trinajstić information content (AvgIpc) is 3.00. The summed E-state index contributed by atoms with van der Waals surface area (Å²) < 4.78 is 30.8. The molecule has 7 nitrogen and oxygen atoms in total. The van der Waals surface area contributed by atoms with Crippen molar-refractivity contribution < 1.29 is 13.2 Å². The lowest BCUT2D eigenvalue weighted by Crippen LogP contribution is -2.35. The van der Waals surface area contributed by atoms with Gasteiger partial charge in [0.1, 0.15) is 0 Å². The van der Waals surface area contributed by atoms with Crippen LogP contribution < -0.4 is 5.73 Å². The van der Waals surface area contributed by atoms with Gasteiger partial charge in [-0.3, -0.25) is 0 Å². The fourth-order valence-corrected chi connectivity index (χ4v) is 4.04. The number of hydrogen-bond acceptors (Lipinski definition) is 7. The van der Waals surface area contributed by atoms with Crippen molar-refractivity contribution >= 4 is 26.5 Å². The SMILES string of the molecule is COCCN(C1CC1)S(=O)(=O)c1nnc(N)s1. The van der Waals surface area contributed by atoms with Crippen molar-refractivity contribution in [2.75, 3.05) is 26.0 Å². The minimum Gasteiger partial charge on any atom is -0.383 e. The number of nitrogens with two attached hydrogens (primary N) is 1. The van der Waals surface area contributed by atoms with Crippen molar-refractivity contribution in [3.63, 3.8) is 0 Å². The van der Waals surface area contributed by atoms with Crippen molar-refractivity contribution in [3.05, 3.63) is 0 Å². The summed E-state index contributed by atoms with van der Waals surface area (Å²) in [7, 11) is -2.03. The molecule has 2 rings (SSSR count). The molecule has 1 saturated carbocycles. The first-order chi connectivity index (χ1) is 8.05. The van der Waals surface area contributed by atoms with Gasteiger partial charge in [0.15, 0.2) is 0 Å². The number of anilines is 1. The number of sulfonamides is 1. The van der Waals surface area contributed by atoms with Crippen LogP contribution in [-0.4, -0.2) is 49.2 Å². The van der Waals surface area contributed by atoms with E-state index in [1.807, 2.05) is 0 Å². The summed E-state index contributed by atoms with van der Waals surface area (Å²) in [5, 5.41) is 7.29. The summed E-state index contributed by atoms with van der Waals surface area (Å²) in [6.45, 7) is 0.701. The number of rotatable bonds is 6. The molecule has 1 aromatic rings. The molecule has 96 valence electrons. The van der Waals surface area contributed by atoms with Crippen LogP contribution >= 0.6 is 11.3 Å². The molecule has 2 N–H and O–H groups in total. The van der Waals surface area contributed by atoms with Gasteiger partial charge < -0.3 is 10.5 Å². The fraction of sp³-hybridized carbons (Fsp3) is 0.750. The zero-order valence-corrected chi connectivity index (χ0v) is 11.0. The van der Waals surface area contributed by atoms with Crippen molar-refractivity contribution in [1.82, 2.24) is 14.5 Å². The van der Waals surface area contributed by atoms with Crippen LogP contribution in [0.4, 0.5) is 5.13 Å². The minimum atomic E-state index is -3.57.